The number of anilines is 3. The van der Waals surface area contributed by atoms with Crippen LogP contribution in [0.1, 0.15) is 16.7 Å². The summed E-state index contributed by atoms with van der Waals surface area (Å²) in [7, 11) is 0. The van der Waals surface area contributed by atoms with Crippen LogP contribution in [0.25, 0.3) is 0 Å². The molecule has 0 bridgehead atoms. The quantitative estimate of drug-likeness (QED) is 0.320. The molecular formula is C27H25NO4. The molecule has 0 fully saturated rings. The van der Waals surface area contributed by atoms with Crippen molar-refractivity contribution in [3.8, 4) is 28.7 Å². The first-order valence-electron chi connectivity index (χ1n) is 10.3. The van der Waals surface area contributed by atoms with Crippen LogP contribution >= 0.6 is 0 Å². The molecule has 162 valence electrons. The molecular weight excluding hydrogens is 402 g/mol. The molecule has 5 heteroatoms. The van der Waals surface area contributed by atoms with E-state index in [-0.39, 0.29) is 17.2 Å². The topological polar surface area (TPSA) is 73.2 Å². The summed E-state index contributed by atoms with van der Waals surface area (Å²) in [6.07, 6.45) is 0. The molecule has 4 aromatic carbocycles. The van der Waals surface area contributed by atoms with Gasteiger partial charge in [0, 0.05) is 28.9 Å². The number of rotatable bonds is 5. The summed E-state index contributed by atoms with van der Waals surface area (Å²) in [5, 5.41) is 30.6. The maximum atomic E-state index is 10.3. The zero-order valence-corrected chi connectivity index (χ0v) is 18.2. The molecule has 0 unspecified atom stereocenters. The van der Waals surface area contributed by atoms with E-state index in [4.69, 9.17) is 4.74 Å². The normalized spacial score (nSPS) is 10.7. The van der Waals surface area contributed by atoms with E-state index < -0.39 is 0 Å². The average molecular weight is 428 g/mol. The van der Waals surface area contributed by atoms with Gasteiger partial charge in [0.1, 0.15) is 28.7 Å². The lowest BCUT2D eigenvalue weighted by atomic mass is 10.1. The van der Waals surface area contributed by atoms with E-state index in [1.807, 2.05) is 68.1 Å². The minimum atomic E-state index is 0.142. The lowest BCUT2D eigenvalue weighted by Crippen LogP contribution is -2.12. The fourth-order valence-corrected chi connectivity index (χ4v) is 3.73. The monoisotopic (exact) mass is 427 g/mol. The van der Waals surface area contributed by atoms with Crippen LogP contribution in [0.2, 0.25) is 0 Å². The fraction of sp³-hybridized carbons (Fsp3) is 0.111. The third-order valence-electron chi connectivity index (χ3n) is 5.38. The van der Waals surface area contributed by atoms with Crippen LogP contribution < -0.4 is 9.64 Å². The van der Waals surface area contributed by atoms with E-state index in [1.165, 1.54) is 0 Å². The van der Waals surface area contributed by atoms with Crippen LogP contribution in [0.3, 0.4) is 0 Å². The number of benzene rings is 4. The number of hydrogen-bond acceptors (Lipinski definition) is 5. The molecule has 0 saturated heterocycles. The van der Waals surface area contributed by atoms with Crippen LogP contribution in [-0.4, -0.2) is 15.3 Å². The summed E-state index contributed by atoms with van der Waals surface area (Å²) >= 11 is 0. The zero-order valence-electron chi connectivity index (χ0n) is 18.2. The highest BCUT2D eigenvalue weighted by Gasteiger charge is 2.19. The van der Waals surface area contributed by atoms with Gasteiger partial charge < -0.3 is 25.0 Å². The fourth-order valence-electron chi connectivity index (χ4n) is 3.73. The van der Waals surface area contributed by atoms with Gasteiger partial charge in [-0.05, 0) is 74.9 Å². The molecule has 0 heterocycles. The Kier molecular flexibility index (Phi) is 5.65. The number of ether oxygens (including phenoxy) is 1. The van der Waals surface area contributed by atoms with Crippen molar-refractivity contribution in [2.45, 2.75) is 20.8 Å². The first-order chi connectivity index (χ1) is 15.3. The molecule has 0 aliphatic rings. The number of nitrogens with zero attached hydrogens (tertiary/aromatic N) is 1. The van der Waals surface area contributed by atoms with Gasteiger partial charge in [-0.25, -0.2) is 0 Å². The number of phenols is 3. The first-order valence-corrected chi connectivity index (χ1v) is 10.3. The summed E-state index contributed by atoms with van der Waals surface area (Å²) in [5.41, 5.74) is 4.67. The van der Waals surface area contributed by atoms with E-state index in [1.54, 1.807) is 36.4 Å². The molecule has 0 amide bonds. The van der Waals surface area contributed by atoms with Gasteiger partial charge >= 0.3 is 0 Å². The molecule has 5 nitrogen and oxygen atoms in total. The van der Waals surface area contributed by atoms with Crippen molar-refractivity contribution >= 4 is 17.1 Å². The van der Waals surface area contributed by atoms with Crippen molar-refractivity contribution in [1.82, 2.24) is 0 Å². The summed E-state index contributed by atoms with van der Waals surface area (Å²) < 4.78 is 6.03. The van der Waals surface area contributed by atoms with E-state index >= 15 is 0 Å². The van der Waals surface area contributed by atoms with Crippen molar-refractivity contribution in [1.29, 1.82) is 0 Å². The first kappa shape index (κ1) is 21.1. The highest BCUT2D eigenvalue weighted by Crippen LogP contribution is 2.43. The summed E-state index contributed by atoms with van der Waals surface area (Å²) in [6, 6.07) is 23.3. The Bertz CT molecular complexity index is 1210. The van der Waals surface area contributed by atoms with E-state index in [0.717, 1.165) is 22.6 Å². The average Bonchev–Trinajstić information content (AvgIpc) is 2.74. The van der Waals surface area contributed by atoms with Crippen LogP contribution in [0.4, 0.5) is 17.1 Å². The lowest BCUT2D eigenvalue weighted by molar-refractivity contribution is 0.454. The van der Waals surface area contributed by atoms with Gasteiger partial charge in [0.15, 0.2) is 0 Å². The van der Waals surface area contributed by atoms with Gasteiger partial charge in [0.2, 0.25) is 0 Å². The number of hydrogen-bond donors (Lipinski definition) is 3. The summed E-state index contributed by atoms with van der Waals surface area (Å²) in [6.45, 7) is 5.59. The molecule has 0 radical (unpaired) electrons. The number of phenolic OH excluding ortho intramolecular Hbond substituents is 3. The highest BCUT2D eigenvalue weighted by molar-refractivity contribution is 5.82. The van der Waals surface area contributed by atoms with Crippen molar-refractivity contribution in [2.75, 3.05) is 4.90 Å². The minimum absolute atomic E-state index is 0.142. The SMILES string of the molecule is Cc1cc(O)cc(Oc2cccc(N(c3cccc(O)c3C)c3cccc(O)c3C)c2)c1. The second-order valence-corrected chi connectivity index (χ2v) is 7.78. The molecule has 4 rings (SSSR count). The van der Waals surface area contributed by atoms with Crippen molar-refractivity contribution in [3.05, 3.63) is 95.6 Å². The molecule has 3 N–H and O–H groups in total. The van der Waals surface area contributed by atoms with E-state index in [0.29, 0.717) is 22.6 Å². The largest absolute Gasteiger partial charge is 0.508 e. The molecule has 4 aromatic rings. The third kappa shape index (κ3) is 4.18. The van der Waals surface area contributed by atoms with E-state index in [9.17, 15) is 15.3 Å². The maximum Gasteiger partial charge on any atom is 0.131 e. The van der Waals surface area contributed by atoms with Crippen LogP contribution in [0.5, 0.6) is 28.7 Å². The van der Waals surface area contributed by atoms with Crippen molar-refractivity contribution in [3.63, 3.8) is 0 Å². The van der Waals surface area contributed by atoms with Crippen molar-refractivity contribution in [2.24, 2.45) is 0 Å². The Balaban J connectivity index is 1.84. The van der Waals surface area contributed by atoms with Gasteiger partial charge in [-0.1, -0.05) is 18.2 Å². The Morgan fingerprint density at radius 3 is 1.81 bits per heavy atom. The zero-order chi connectivity index (χ0) is 22.8. The molecule has 0 aliphatic heterocycles. The Morgan fingerprint density at radius 2 is 1.22 bits per heavy atom. The second kappa shape index (κ2) is 8.55. The number of aromatic hydroxyl groups is 3. The minimum Gasteiger partial charge on any atom is -0.508 e. The standard InChI is InChI=1S/C27H25NO4/c1-17-13-21(29)16-23(14-17)32-22-8-4-7-20(15-22)28(24-9-5-11-26(30)18(24)2)25-10-6-12-27(31)19(25)3/h4-16,29-31H,1-3H3. The molecule has 0 spiro atoms. The van der Waals surface area contributed by atoms with Crippen LogP contribution in [0, 0.1) is 20.8 Å². The number of aryl methyl sites for hydroxylation is 1. The smallest absolute Gasteiger partial charge is 0.131 e. The summed E-state index contributed by atoms with van der Waals surface area (Å²) in [4.78, 5) is 1.98. The summed E-state index contributed by atoms with van der Waals surface area (Å²) in [5.74, 6) is 1.64. The highest BCUT2D eigenvalue weighted by atomic mass is 16.5. The predicted octanol–water partition coefficient (Wildman–Crippen LogP) is 6.99. The Hall–Kier alpha value is -4.12. The Morgan fingerprint density at radius 1 is 0.625 bits per heavy atom. The lowest BCUT2D eigenvalue weighted by Gasteiger charge is -2.29. The van der Waals surface area contributed by atoms with Crippen LogP contribution in [0.15, 0.2) is 78.9 Å². The molecule has 0 aliphatic carbocycles. The van der Waals surface area contributed by atoms with Crippen LogP contribution in [-0.2, 0) is 0 Å². The van der Waals surface area contributed by atoms with Gasteiger partial charge in [-0.2, -0.15) is 0 Å². The second-order valence-electron chi connectivity index (χ2n) is 7.78. The van der Waals surface area contributed by atoms with Gasteiger partial charge in [0.05, 0.1) is 11.4 Å². The molecule has 0 saturated carbocycles. The molecule has 32 heavy (non-hydrogen) atoms. The van der Waals surface area contributed by atoms with Gasteiger partial charge in [-0.3, -0.25) is 0 Å². The predicted molar refractivity (Wildman–Crippen MR) is 127 cm³/mol. The van der Waals surface area contributed by atoms with Gasteiger partial charge in [0.25, 0.3) is 0 Å². The third-order valence-corrected chi connectivity index (χ3v) is 5.38. The maximum absolute atomic E-state index is 10.3. The van der Waals surface area contributed by atoms with E-state index in [2.05, 4.69) is 0 Å². The Labute approximate surface area is 187 Å². The van der Waals surface area contributed by atoms with Crippen molar-refractivity contribution < 1.29 is 20.1 Å². The van der Waals surface area contributed by atoms with Gasteiger partial charge in [-0.15, -0.1) is 0 Å². The molecule has 0 atom stereocenters. The molecule has 0 aromatic heterocycles.